The van der Waals surface area contributed by atoms with Gasteiger partial charge in [0.1, 0.15) is 0 Å². The third kappa shape index (κ3) is 11.3. The first kappa shape index (κ1) is 35.8. The maximum Gasteiger partial charge on any atom is 0.0541 e. The van der Waals surface area contributed by atoms with Crippen LogP contribution in [0.15, 0.2) is 36.4 Å². The number of aryl methyl sites for hydroxylation is 2. The van der Waals surface area contributed by atoms with Crippen LogP contribution in [0.3, 0.4) is 0 Å². The Bertz CT molecular complexity index is 1310. The minimum atomic E-state index is -0.0897. The Morgan fingerprint density at radius 1 is 0.682 bits per heavy atom. The van der Waals surface area contributed by atoms with E-state index in [-0.39, 0.29) is 12.0 Å². The van der Waals surface area contributed by atoms with Gasteiger partial charge in [0.15, 0.2) is 0 Å². The molecule has 4 aromatic heterocycles. The Kier molecular flexibility index (Phi) is 15.4. The molecule has 2 atom stereocenters. The van der Waals surface area contributed by atoms with E-state index in [0.29, 0.717) is 12.5 Å². The van der Waals surface area contributed by atoms with Gasteiger partial charge in [-0.2, -0.15) is 0 Å². The normalized spacial score (nSPS) is 14.0. The number of hydrogen-bond donors (Lipinski definition) is 1. The maximum absolute atomic E-state index is 9.50. The Balaban J connectivity index is 1.14. The molecule has 7 heteroatoms. The van der Waals surface area contributed by atoms with Crippen molar-refractivity contribution in [1.29, 1.82) is 0 Å². The zero-order valence-electron chi connectivity index (χ0n) is 27.5. The standard InChI is InChI=1S/C37H54O3S4/c1-5-28(3)25-39-21-13-9-7-11-15-29-17-19-31(41-29)33-23-35-36(43-33)24-34(44-35)32-20-18-30(42-32)16-12-8-10-14-22-40-27-37(4,6-2)26-38/h17-20,23-24,28,38H,5-16,21-22,25-27H2,1-4H3. The van der Waals surface area contributed by atoms with Gasteiger partial charge in [0.25, 0.3) is 0 Å². The van der Waals surface area contributed by atoms with E-state index >= 15 is 0 Å². The van der Waals surface area contributed by atoms with Gasteiger partial charge in [0.05, 0.1) is 13.2 Å². The van der Waals surface area contributed by atoms with Crippen LogP contribution >= 0.6 is 45.3 Å². The summed E-state index contributed by atoms with van der Waals surface area (Å²) in [6.07, 6.45) is 14.4. The highest BCUT2D eigenvalue weighted by molar-refractivity contribution is 7.33. The summed E-state index contributed by atoms with van der Waals surface area (Å²) >= 11 is 7.84. The van der Waals surface area contributed by atoms with Crippen LogP contribution < -0.4 is 0 Å². The van der Waals surface area contributed by atoms with E-state index in [2.05, 4.69) is 64.1 Å². The van der Waals surface area contributed by atoms with Crippen LogP contribution in [0.1, 0.15) is 102 Å². The highest BCUT2D eigenvalue weighted by Crippen LogP contribution is 2.44. The molecule has 0 amide bonds. The molecular weight excluding hydrogens is 621 g/mol. The summed E-state index contributed by atoms with van der Waals surface area (Å²) in [5.41, 5.74) is -0.0897. The largest absolute Gasteiger partial charge is 0.396 e. The van der Waals surface area contributed by atoms with Crippen molar-refractivity contribution in [2.45, 2.75) is 105 Å². The fourth-order valence-electron chi connectivity index (χ4n) is 5.06. The molecule has 4 aromatic rings. The van der Waals surface area contributed by atoms with E-state index in [4.69, 9.17) is 9.47 Å². The second-order valence-electron chi connectivity index (χ2n) is 12.8. The summed E-state index contributed by atoms with van der Waals surface area (Å²) in [6, 6.07) is 14.1. The number of fused-ring (bicyclic) bond motifs is 1. The molecule has 0 aliphatic carbocycles. The van der Waals surface area contributed by atoms with Crippen LogP contribution in [0, 0.1) is 11.3 Å². The van der Waals surface area contributed by atoms with E-state index in [1.54, 1.807) is 0 Å². The van der Waals surface area contributed by atoms with Crippen molar-refractivity contribution in [2.24, 2.45) is 11.3 Å². The summed E-state index contributed by atoms with van der Waals surface area (Å²) in [4.78, 5) is 8.66. The number of aliphatic hydroxyl groups excluding tert-OH is 1. The molecule has 0 aliphatic heterocycles. The first-order chi connectivity index (χ1) is 21.4. The Hall–Kier alpha value is -1.06. The molecule has 0 aliphatic rings. The van der Waals surface area contributed by atoms with Gasteiger partial charge in [0, 0.05) is 63.9 Å². The average molecular weight is 675 g/mol. The summed E-state index contributed by atoms with van der Waals surface area (Å²) in [5.74, 6) is 0.684. The zero-order chi connectivity index (χ0) is 31.2. The molecule has 0 aromatic carbocycles. The molecule has 244 valence electrons. The van der Waals surface area contributed by atoms with Gasteiger partial charge in [-0.25, -0.2) is 0 Å². The van der Waals surface area contributed by atoms with Gasteiger partial charge < -0.3 is 14.6 Å². The lowest BCUT2D eigenvalue weighted by atomic mass is 9.90. The minimum Gasteiger partial charge on any atom is -0.396 e. The van der Waals surface area contributed by atoms with Crippen molar-refractivity contribution in [1.82, 2.24) is 0 Å². The smallest absolute Gasteiger partial charge is 0.0541 e. The molecule has 44 heavy (non-hydrogen) atoms. The lowest BCUT2D eigenvalue weighted by Crippen LogP contribution is -2.26. The molecule has 1 N–H and O–H groups in total. The predicted octanol–water partition coefficient (Wildman–Crippen LogP) is 12.1. The molecule has 0 fully saturated rings. The molecule has 0 spiro atoms. The number of thiophene rings is 4. The fraction of sp³-hybridized carbons (Fsp3) is 0.622. The number of ether oxygens (including phenoxy) is 2. The molecule has 0 saturated carbocycles. The molecule has 4 heterocycles. The quantitative estimate of drug-likeness (QED) is 0.0796. The van der Waals surface area contributed by atoms with Gasteiger partial charge in [-0.3, -0.25) is 0 Å². The number of rotatable bonds is 23. The van der Waals surface area contributed by atoms with Gasteiger partial charge in [-0.05, 0) is 87.3 Å². The van der Waals surface area contributed by atoms with Gasteiger partial charge in [0.2, 0.25) is 0 Å². The van der Waals surface area contributed by atoms with Crippen molar-refractivity contribution in [3.05, 3.63) is 46.2 Å². The number of unbranched alkanes of at least 4 members (excludes halogenated alkanes) is 6. The predicted molar refractivity (Wildman–Crippen MR) is 197 cm³/mol. The molecular formula is C37H54O3S4. The molecule has 0 radical (unpaired) electrons. The third-order valence-corrected chi connectivity index (χ3v) is 13.7. The molecule has 0 saturated heterocycles. The lowest BCUT2D eigenvalue weighted by Gasteiger charge is -2.25. The fourth-order valence-corrected chi connectivity index (χ4v) is 9.72. The molecule has 4 rings (SSSR count). The average Bonchev–Trinajstić information content (AvgIpc) is 3.83. The second kappa shape index (κ2) is 18.9. The van der Waals surface area contributed by atoms with Gasteiger partial charge in [-0.1, -0.05) is 59.8 Å². The molecule has 2 unspecified atom stereocenters. The Morgan fingerprint density at radius 3 is 1.70 bits per heavy atom. The molecule has 3 nitrogen and oxygen atoms in total. The van der Waals surface area contributed by atoms with E-state index < -0.39 is 0 Å². The van der Waals surface area contributed by atoms with Crippen molar-refractivity contribution >= 4 is 54.7 Å². The van der Waals surface area contributed by atoms with Crippen molar-refractivity contribution in [3.63, 3.8) is 0 Å². The van der Waals surface area contributed by atoms with E-state index in [1.165, 1.54) is 103 Å². The highest BCUT2D eigenvalue weighted by Gasteiger charge is 2.21. The first-order valence-corrected chi connectivity index (χ1v) is 20.2. The minimum absolute atomic E-state index is 0.0897. The third-order valence-electron chi connectivity index (χ3n) is 8.72. The van der Waals surface area contributed by atoms with Crippen molar-refractivity contribution in [3.8, 4) is 19.5 Å². The number of aliphatic hydroxyl groups is 1. The van der Waals surface area contributed by atoms with Gasteiger partial charge >= 0.3 is 0 Å². The van der Waals surface area contributed by atoms with E-state index in [0.717, 1.165) is 32.7 Å². The van der Waals surface area contributed by atoms with Crippen LogP contribution in [0.25, 0.3) is 28.9 Å². The second-order valence-corrected chi connectivity index (χ2v) is 17.3. The summed E-state index contributed by atoms with van der Waals surface area (Å²) in [6.45, 7) is 12.2. The summed E-state index contributed by atoms with van der Waals surface area (Å²) in [7, 11) is 0. The van der Waals surface area contributed by atoms with E-state index in [9.17, 15) is 5.11 Å². The van der Waals surface area contributed by atoms with Crippen LogP contribution in [0.2, 0.25) is 0 Å². The van der Waals surface area contributed by atoms with Crippen molar-refractivity contribution in [2.75, 3.05) is 33.0 Å². The summed E-state index contributed by atoms with van der Waals surface area (Å²) in [5, 5.41) is 9.50. The SMILES string of the molecule is CCC(C)COCCCCCCc1ccc(-c2cc3sc(-c4ccc(CCCCCCOCC(C)(CC)CO)s4)cc3s2)s1. The van der Waals surface area contributed by atoms with Crippen molar-refractivity contribution < 1.29 is 14.6 Å². The van der Waals surface area contributed by atoms with Crippen LogP contribution in [0.4, 0.5) is 0 Å². The number of hydrogen-bond acceptors (Lipinski definition) is 7. The lowest BCUT2D eigenvalue weighted by molar-refractivity contribution is 0.0137. The Labute approximate surface area is 282 Å². The Morgan fingerprint density at radius 2 is 1.20 bits per heavy atom. The van der Waals surface area contributed by atoms with E-state index in [1.807, 2.05) is 45.3 Å². The van der Waals surface area contributed by atoms with Gasteiger partial charge in [-0.15, -0.1) is 45.3 Å². The topological polar surface area (TPSA) is 38.7 Å². The molecule has 0 bridgehead atoms. The maximum atomic E-state index is 9.50. The van der Waals surface area contributed by atoms with Crippen LogP contribution in [-0.4, -0.2) is 38.1 Å². The summed E-state index contributed by atoms with van der Waals surface area (Å²) < 4.78 is 14.5. The highest BCUT2D eigenvalue weighted by atomic mass is 32.1. The van der Waals surface area contributed by atoms with Crippen LogP contribution in [-0.2, 0) is 22.3 Å². The first-order valence-electron chi connectivity index (χ1n) is 16.9. The zero-order valence-corrected chi connectivity index (χ0v) is 30.7. The monoisotopic (exact) mass is 674 g/mol. The van der Waals surface area contributed by atoms with Crippen LogP contribution in [0.5, 0.6) is 0 Å².